The molecule has 4 rings (SSSR count). The van der Waals surface area contributed by atoms with Crippen molar-refractivity contribution in [2.24, 2.45) is 0 Å². The SMILES string of the molecule is Cc1cc(Cl)ccc1N(CC(=O)N(Cc1ccc(Cl)c(Cl)c1)[C@@H](Cc1ccccc1)C(=O)NC(C)C)S(=O)(=O)c1ccccc1. The van der Waals surface area contributed by atoms with E-state index in [0.29, 0.717) is 21.2 Å². The number of benzene rings is 4. The van der Waals surface area contributed by atoms with Crippen LogP contribution in [0.1, 0.15) is 30.5 Å². The molecule has 0 aliphatic rings. The van der Waals surface area contributed by atoms with Gasteiger partial charge in [-0.05, 0) is 79.9 Å². The van der Waals surface area contributed by atoms with Gasteiger partial charge in [-0.3, -0.25) is 13.9 Å². The number of halogens is 3. The summed E-state index contributed by atoms with van der Waals surface area (Å²) in [5, 5.41) is 3.99. The zero-order valence-electron chi connectivity index (χ0n) is 25.1. The van der Waals surface area contributed by atoms with E-state index in [1.165, 1.54) is 17.0 Å². The molecule has 4 aromatic rings. The van der Waals surface area contributed by atoms with Crippen molar-refractivity contribution < 1.29 is 18.0 Å². The van der Waals surface area contributed by atoms with Crippen LogP contribution in [-0.4, -0.2) is 43.8 Å². The molecule has 0 fully saturated rings. The van der Waals surface area contributed by atoms with Crippen molar-refractivity contribution in [2.45, 2.75) is 50.7 Å². The molecule has 0 aromatic heterocycles. The summed E-state index contributed by atoms with van der Waals surface area (Å²) in [4.78, 5) is 29.7. The van der Waals surface area contributed by atoms with Gasteiger partial charge < -0.3 is 10.2 Å². The standard InChI is InChI=1S/C34H34Cl3N3O4S/c1-23(2)38-34(42)32(20-25-10-6-4-7-11-25)39(21-26-14-16-29(36)30(37)19-26)33(41)22-40(31-17-15-27(35)18-24(31)3)45(43,44)28-12-8-5-9-13-28/h4-19,23,32H,20-22H2,1-3H3,(H,38,42)/t32-/m0/s1. The first kappa shape index (κ1) is 34.3. The van der Waals surface area contributed by atoms with Gasteiger partial charge >= 0.3 is 0 Å². The Morgan fingerprint density at radius 1 is 0.800 bits per heavy atom. The molecule has 2 amide bonds. The molecule has 0 bridgehead atoms. The van der Waals surface area contributed by atoms with Gasteiger partial charge in [-0.15, -0.1) is 0 Å². The van der Waals surface area contributed by atoms with Gasteiger partial charge in [0.15, 0.2) is 0 Å². The lowest BCUT2D eigenvalue weighted by Crippen LogP contribution is -2.54. The number of sulfonamides is 1. The van der Waals surface area contributed by atoms with E-state index < -0.39 is 28.5 Å². The number of rotatable bonds is 12. The number of hydrogen-bond acceptors (Lipinski definition) is 4. The predicted octanol–water partition coefficient (Wildman–Crippen LogP) is 7.32. The minimum Gasteiger partial charge on any atom is -0.352 e. The van der Waals surface area contributed by atoms with Crippen LogP contribution in [0, 0.1) is 6.92 Å². The minimum atomic E-state index is -4.22. The summed E-state index contributed by atoms with van der Waals surface area (Å²) in [7, 11) is -4.22. The summed E-state index contributed by atoms with van der Waals surface area (Å²) in [6.07, 6.45) is 0.192. The summed E-state index contributed by atoms with van der Waals surface area (Å²) in [5.41, 5.74) is 2.30. The predicted molar refractivity (Wildman–Crippen MR) is 181 cm³/mol. The third kappa shape index (κ3) is 8.79. The van der Waals surface area contributed by atoms with Crippen LogP contribution in [0.15, 0.2) is 102 Å². The number of nitrogens with one attached hydrogen (secondary N) is 1. The number of anilines is 1. The Morgan fingerprint density at radius 2 is 1.44 bits per heavy atom. The van der Waals surface area contributed by atoms with Gasteiger partial charge in [-0.1, -0.05) is 89.4 Å². The third-order valence-electron chi connectivity index (χ3n) is 7.08. The number of carbonyl (C=O) groups is 2. The fraction of sp³-hybridized carbons (Fsp3) is 0.235. The van der Waals surface area contributed by atoms with Crippen molar-refractivity contribution >= 4 is 62.3 Å². The van der Waals surface area contributed by atoms with Crippen molar-refractivity contribution in [3.05, 3.63) is 129 Å². The maximum atomic E-state index is 14.5. The highest BCUT2D eigenvalue weighted by Gasteiger charge is 2.35. The second-order valence-electron chi connectivity index (χ2n) is 10.9. The van der Waals surface area contributed by atoms with Crippen LogP contribution in [0.4, 0.5) is 5.69 Å². The summed E-state index contributed by atoms with van der Waals surface area (Å²) >= 11 is 18.7. The molecular weight excluding hydrogens is 653 g/mol. The first-order valence-corrected chi connectivity index (χ1v) is 16.9. The second-order valence-corrected chi connectivity index (χ2v) is 14.0. The van der Waals surface area contributed by atoms with Gasteiger partial charge in [0.2, 0.25) is 11.8 Å². The Labute approximate surface area is 279 Å². The average molecular weight is 687 g/mol. The van der Waals surface area contributed by atoms with Crippen LogP contribution in [-0.2, 0) is 32.6 Å². The molecule has 7 nitrogen and oxygen atoms in total. The molecule has 0 radical (unpaired) electrons. The van der Waals surface area contributed by atoms with Crippen LogP contribution in [0.25, 0.3) is 0 Å². The highest BCUT2D eigenvalue weighted by Crippen LogP contribution is 2.30. The van der Waals surface area contributed by atoms with E-state index in [1.807, 2.05) is 44.2 Å². The number of aryl methyl sites for hydroxylation is 1. The van der Waals surface area contributed by atoms with Gasteiger partial charge in [-0.2, -0.15) is 0 Å². The van der Waals surface area contributed by atoms with E-state index in [-0.39, 0.29) is 40.5 Å². The van der Waals surface area contributed by atoms with Crippen LogP contribution in [0.2, 0.25) is 15.1 Å². The Hall–Kier alpha value is -3.56. The van der Waals surface area contributed by atoms with Crippen molar-refractivity contribution in [1.82, 2.24) is 10.2 Å². The Morgan fingerprint density at radius 3 is 2.04 bits per heavy atom. The quantitative estimate of drug-likeness (QED) is 0.169. The monoisotopic (exact) mass is 685 g/mol. The third-order valence-corrected chi connectivity index (χ3v) is 9.82. The van der Waals surface area contributed by atoms with Gasteiger partial charge in [0, 0.05) is 24.0 Å². The lowest BCUT2D eigenvalue weighted by Gasteiger charge is -2.34. The summed E-state index contributed by atoms with van der Waals surface area (Å²) in [6.45, 7) is 4.78. The molecule has 0 saturated carbocycles. The van der Waals surface area contributed by atoms with E-state index in [9.17, 15) is 18.0 Å². The van der Waals surface area contributed by atoms with Crippen LogP contribution in [0.5, 0.6) is 0 Å². The topological polar surface area (TPSA) is 86.8 Å². The first-order chi connectivity index (χ1) is 21.4. The molecule has 4 aromatic carbocycles. The average Bonchev–Trinajstić information content (AvgIpc) is 3.00. The summed E-state index contributed by atoms with van der Waals surface area (Å²) < 4.78 is 29.3. The van der Waals surface area contributed by atoms with E-state index in [4.69, 9.17) is 34.8 Å². The van der Waals surface area contributed by atoms with E-state index >= 15 is 0 Å². The molecule has 1 N–H and O–H groups in total. The molecular formula is C34H34Cl3N3O4S. The summed E-state index contributed by atoms with van der Waals surface area (Å²) in [5.74, 6) is -0.961. The molecule has 0 saturated heterocycles. The van der Waals surface area contributed by atoms with E-state index in [1.54, 1.807) is 61.5 Å². The fourth-order valence-corrected chi connectivity index (χ4v) is 6.95. The molecule has 11 heteroatoms. The van der Waals surface area contributed by atoms with Gasteiger partial charge in [-0.25, -0.2) is 8.42 Å². The normalized spacial score (nSPS) is 12.1. The summed E-state index contributed by atoms with van der Waals surface area (Å²) in [6, 6.07) is 25.8. The van der Waals surface area contributed by atoms with Crippen molar-refractivity contribution in [2.75, 3.05) is 10.8 Å². The first-order valence-electron chi connectivity index (χ1n) is 14.3. The highest BCUT2D eigenvalue weighted by atomic mass is 35.5. The van der Waals surface area contributed by atoms with Crippen LogP contribution in [0.3, 0.4) is 0 Å². The van der Waals surface area contributed by atoms with Crippen LogP contribution >= 0.6 is 34.8 Å². The molecule has 0 aliphatic heterocycles. The Kier molecular flexibility index (Phi) is 11.6. The maximum Gasteiger partial charge on any atom is 0.264 e. The molecule has 236 valence electrons. The molecule has 45 heavy (non-hydrogen) atoms. The Balaban J connectivity index is 1.84. The van der Waals surface area contributed by atoms with Crippen LogP contribution < -0.4 is 9.62 Å². The lowest BCUT2D eigenvalue weighted by molar-refractivity contribution is -0.140. The largest absolute Gasteiger partial charge is 0.352 e. The second kappa shape index (κ2) is 15.1. The zero-order chi connectivity index (χ0) is 32.7. The lowest BCUT2D eigenvalue weighted by atomic mass is 10.0. The number of carbonyl (C=O) groups excluding carboxylic acids is 2. The zero-order valence-corrected chi connectivity index (χ0v) is 28.2. The van der Waals surface area contributed by atoms with Gasteiger partial charge in [0.05, 0.1) is 20.6 Å². The number of hydrogen-bond donors (Lipinski definition) is 1. The molecule has 0 aliphatic carbocycles. The smallest absolute Gasteiger partial charge is 0.264 e. The molecule has 0 unspecified atom stereocenters. The molecule has 0 heterocycles. The maximum absolute atomic E-state index is 14.5. The molecule has 0 spiro atoms. The van der Waals surface area contributed by atoms with Crippen molar-refractivity contribution in [3.8, 4) is 0 Å². The van der Waals surface area contributed by atoms with E-state index in [2.05, 4.69) is 5.32 Å². The van der Waals surface area contributed by atoms with E-state index in [0.717, 1.165) is 9.87 Å². The molecule has 1 atom stereocenters. The highest BCUT2D eigenvalue weighted by molar-refractivity contribution is 7.92. The Bertz CT molecular complexity index is 1750. The van der Waals surface area contributed by atoms with Crippen molar-refractivity contribution in [3.63, 3.8) is 0 Å². The minimum absolute atomic E-state index is 0.0153. The van der Waals surface area contributed by atoms with Gasteiger partial charge in [0.1, 0.15) is 12.6 Å². The number of amides is 2. The number of nitrogens with zero attached hydrogens (tertiary/aromatic N) is 2. The van der Waals surface area contributed by atoms with Crippen molar-refractivity contribution in [1.29, 1.82) is 0 Å². The van der Waals surface area contributed by atoms with Gasteiger partial charge in [0.25, 0.3) is 10.0 Å². The fourth-order valence-electron chi connectivity index (χ4n) is 4.90.